The SMILES string of the molecule is CCCC(CCCC#N)(C(=O)OCC)C(=O)OCC. The molecule has 0 saturated carbocycles. The number of esters is 2. The molecule has 0 aliphatic rings. The van der Waals surface area contributed by atoms with Gasteiger partial charge in [0.25, 0.3) is 0 Å². The molecule has 0 spiro atoms. The molecule has 0 unspecified atom stereocenters. The van der Waals surface area contributed by atoms with Crippen LogP contribution < -0.4 is 0 Å². The molecule has 0 fully saturated rings. The molecule has 0 N–H and O–H groups in total. The summed E-state index contributed by atoms with van der Waals surface area (Å²) in [4.78, 5) is 24.3. The molecular formula is C14H23NO4. The molecule has 0 bridgehead atoms. The van der Waals surface area contributed by atoms with Crippen molar-refractivity contribution in [2.75, 3.05) is 13.2 Å². The minimum absolute atomic E-state index is 0.224. The van der Waals surface area contributed by atoms with E-state index in [0.29, 0.717) is 32.1 Å². The maximum absolute atomic E-state index is 12.2. The second kappa shape index (κ2) is 9.37. The second-order valence-corrected chi connectivity index (χ2v) is 4.28. The Balaban J connectivity index is 5.15. The number of hydrogen-bond acceptors (Lipinski definition) is 5. The monoisotopic (exact) mass is 269 g/mol. The average Bonchev–Trinajstić information content (AvgIpc) is 2.38. The summed E-state index contributed by atoms with van der Waals surface area (Å²) in [7, 11) is 0. The second-order valence-electron chi connectivity index (χ2n) is 4.28. The largest absolute Gasteiger partial charge is 0.465 e. The normalized spacial score (nSPS) is 10.6. The third-order valence-corrected chi connectivity index (χ3v) is 2.90. The predicted octanol–water partition coefficient (Wildman–Crippen LogP) is 2.59. The lowest BCUT2D eigenvalue weighted by Gasteiger charge is -2.28. The third kappa shape index (κ3) is 4.90. The molecule has 0 aromatic rings. The van der Waals surface area contributed by atoms with Crippen molar-refractivity contribution in [3.63, 3.8) is 0 Å². The standard InChI is InChI=1S/C14H23NO4/c1-4-9-14(10-7-8-11-15,12(16)18-5-2)13(17)19-6-3/h4-10H2,1-3H3. The summed E-state index contributed by atoms with van der Waals surface area (Å²) in [6.07, 6.45) is 2.14. The Labute approximate surface area is 114 Å². The van der Waals surface area contributed by atoms with Crippen LogP contribution in [0, 0.1) is 16.7 Å². The summed E-state index contributed by atoms with van der Waals surface area (Å²) < 4.78 is 10.1. The van der Waals surface area contributed by atoms with Gasteiger partial charge in [0, 0.05) is 6.42 Å². The van der Waals surface area contributed by atoms with E-state index in [9.17, 15) is 9.59 Å². The number of nitrogens with zero attached hydrogens (tertiary/aromatic N) is 1. The van der Waals surface area contributed by atoms with Gasteiger partial charge >= 0.3 is 11.9 Å². The number of ether oxygens (including phenoxy) is 2. The van der Waals surface area contributed by atoms with Gasteiger partial charge in [-0.2, -0.15) is 5.26 Å². The van der Waals surface area contributed by atoms with Crippen LogP contribution in [0.4, 0.5) is 0 Å². The maximum Gasteiger partial charge on any atom is 0.323 e. The fourth-order valence-electron chi connectivity index (χ4n) is 2.05. The molecule has 5 heteroatoms. The van der Waals surface area contributed by atoms with E-state index >= 15 is 0 Å². The van der Waals surface area contributed by atoms with Gasteiger partial charge in [0.1, 0.15) is 0 Å². The van der Waals surface area contributed by atoms with Crippen molar-refractivity contribution in [1.82, 2.24) is 0 Å². The Morgan fingerprint density at radius 2 is 1.58 bits per heavy atom. The first-order chi connectivity index (χ1) is 9.08. The molecule has 0 aromatic heterocycles. The van der Waals surface area contributed by atoms with Gasteiger partial charge in [0.15, 0.2) is 5.41 Å². The number of carbonyl (C=O) groups excluding carboxylic acids is 2. The molecule has 0 atom stereocenters. The zero-order chi connectivity index (χ0) is 14.7. The molecule has 0 radical (unpaired) electrons. The van der Waals surface area contributed by atoms with Gasteiger partial charge in [-0.15, -0.1) is 0 Å². The van der Waals surface area contributed by atoms with Crippen molar-refractivity contribution in [3.05, 3.63) is 0 Å². The molecule has 0 aromatic carbocycles. The minimum Gasteiger partial charge on any atom is -0.465 e. The lowest BCUT2D eigenvalue weighted by molar-refractivity contribution is -0.173. The van der Waals surface area contributed by atoms with Crippen molar-refractivity contribution in [2.24, 2.45) is 5.41 Å². The number of hydrogen-bond donors (Lipinski definition) is 0. The van der Waals surface area contributed by atoms with Gasteiger partial charge in [-0.25, -0.2) is 0 Å². The van der Waals surface area contributed by atoms with Crippen LogP contribution in [0.5, 0.6) is 0 Å². The molecule has 0 heterocycles. The van der Waals surface area contributed by atoms with E-state index in [0.717, 1.165) is 0 Å². The Kier molecular flexibility index (Phi) is 8.60. The highest BCUT2D eigenvalue weighted by atomic mass is 16.6. The summed E-state index contributed by atoms with van der Waals surface area (Å²) in [5, 5.41) is 8.59. The van der Waals surface area contributed by atoms with Crippen LogP contribution >= 0.6 is 0 Å². The Bertz CT molecular complexity index is 315. The lowest BCUT2D eigenvalue weighted by atomic mass is 9.78. The van der Waals surface area contributed by atoms with Crippen LogP contribution in [-0.4, -0.2) is 25.2 Å². The van der Waals surface area contributed by atoms with Crippen LogP contribution in [0.2, 0.25) is 0 Å². The van der Waals surface area contributed by atoms with E-state index < -0.39 is 17.4 Å². The van der Waals surface area contributed by atoms with Crippen molar-refractivity contribution >= 4 is 11.9 Å². The molecule has 0 amide bonds. The van der Waals surface area contributed by atoms with Crippen LogP contribution in [0.25, 0.3) is 0 Å². The third-order valence-electron chi connectivity index (χ3n) is 2.90. The van der Waals surface area contributed by atoms with Gasteiger partial charge in [-0.05, 0) is 33.1 Å². The average molecular weight is 269 g/mol. The highest BCUT2D eigenvalue weighted by Crippen LogP contribution is 2.34. The number of rotatable bonds is 9. The summed E-state index contributed by atoms with van der Waals surface area (Å²) in [6.45, 7) is 5.76. The van der Waals surface area contributed by atoms with Crippen molar-refractivity contribution in [3.8, 4) is 6.07 Å². The van der Waals surface area contributed by atoms with Gasteiger partial charge in [-0.1, -0.05) is 13.3 Å². The number of carbonyl (C=O) groups is 2. The molecule has 108 valence electrons. The lowest BCUT2D eigenvalue weighted by Crippen LogP contribution is -2.42. The summed E-state index contributed by atoms with van der Waals surface area (Å²) in [5.41, 5.74) is -1.25. The van der Waals surface area contributed by atoms with E-state index in [1.807, 2.05) is 13.0 Å². The Morgan fingerprint density at radius 3 is 1.95 bits per heavy atom. The predicted molar refractivity (Wildman–Crippen MR) is 70.1 cm³/mol. The zero-order valence-corrected chi connectivity index (χ0v) is 12.0. The Hall–Kier alpha value is -1.57. The van der Waals surface area contributed by atoms with Crippen LogP contribution in [-0.2, 0) is 19.1 Å². The van der Waals surface area contributed by atoms with Crippen LogP contribution in [0.1, 0.15) is 52.9 Å². The van der Waals surface area contributed by atoms with Gasteiger partial charge in [-0.3, -0.25) is 9.59 Å². The molecular weight excluding hydrogens is 246 g/mol. The fraction of sp³-hybridized carbons (Fsp3) is 0.786. The van der Waals surface area contributed by atoms with Crippen LogP contribution in [0.15, 0.2) is 0 Å². The minimum atomic E-state index is -1.25. The van der Waals surface area contributed by atoms with E-state index in [1.165, 1.54) is 0 Å². The number of unbranched alkanes of at least 4 members (excludes halogenated alkanes) is 1. The van der Waals surface area contributed by atoms with Crippen molar-refractivity contribution < 1.29 is 19.1 Å². The van der Waals surface area contributed by atoms with Gasteiger partial charge < -0.3 is 9.47 Å². The molecule has 0 aliphatic carbocycles. The topological polar surface area (TPSA) is 76.4 Å². The van der Waals surface area contributed by atoms with Gasteiger partial charge in [0.05, 0.1) is 19.3 Å². The molecule has 0 aliphatic heterocycles. The molecule has 0 saturated heterocycles. The summed E-state index contributed by atoms with van der Waals surface area (Å²) in [5.74, 6) is -1.07. The summed E-state index contributed by atoms with van der Waals surface area (Å²) in [6, 6.07) is 2.02. The maximum atomic E-state index is 12.2. The Morgan fingerprint density at radius 1 is 1.05 bits per heavy atom. The first-order valence-corrected chi connectivity index (χ1v) is 6.80. The molecule has 19 heavy (non-hydrogen) atoms. The zero-order valence-electron chi connectivity index (χ0n) is 12.0. The highest BCUT2D eigenvalue weighted by molar-refractivity contribution is 6.00. The summed E-state index contributed by atoms with van der Waals surface area (Å²) >= 11 is 0. The molecule has 5 nitrogen and oxygen atoms in total. The molecule has 0 rings (SSSR count). The van der Waals surface area contributed by atoms with Gasteiger partial charge in [0.2, 0.25) is 0 Å². The van der Waals surface area contributed by atoms with E-state index in [2.05, 4.69) is 0 Å². The fourth-order valence-corrected chi connectivity index (χ4v) is 2.05. The smallest absolute Gasteiger partial charge is 0.323 e. The number of nitriles is 1. The first kappa shape index (κ1) is 17.4. The first-order valence-electron chi connectivity index (χ1n) is 6.80. The van der Waals surface area contributed by atoms with E-state index in [1.54, 1.807) is 13.8 Å². The highest BCUT2D eigenvalue weighted by Gasteiger charge is 2.47. The van der Waals surface area contributed by atoms with Crippen molar-refractivity contribution in [1.29, 1.82) is 5.26 Å². The quantitative estimate of drug-likeness (QED) is 0.365. The van der Waals surface area contributed by atoms with Crippen LogP contribution in [0.3, 0.4) is 0 Å². The van der Waals surface area contributed by atoms with Crippen molar-refractivity contribution in [2.45, 2.75) is 52.9 Å². The van der Waals surface area contributed by atoms with E-state index in [-0.39, 0.29) is 13.2 Å². The van der Waals surface area contributed by atoms with E-state index in [4.69, 9.17) is 14.7 Å².